The lowest BCUT2D eigenvalue weighted by Gasteiger charge is -2.31. The number of nitrogens with zero attached hydrogens (tertiary/aromatic N) is 7. The maximum absolute atomic E-state index is 12.1. The minimum absolute atomic E-state index is 0.0287. The van der Waals surface area contributed by atoms with Crippen molar-refractivity contribution in [2.45, 2.75) is 44.4 Å². The first-order chi connectivity index (χ1) is 19.0. The van der Waals surface area contributed by atoms with E-state index in [0.29, 0.717) is 25.0 Å². The molecule has 1 aliphatic heterocycles. The second-order valence-electron chi connectivity index (χ2n) is 10.4. The summed E-state index contributed by atoms with van der Waals surface area (Å²) in [6.07, 6.45) is 9.29. The fourth-order valence-corrected chi connectivity index (χ4v) is 5.21. The summed E-state index contributed by atoms with van der Waals surface area (Å²) < 4.78 is 13.9. The summed E-state index contributed by atoms with van der Waals surface area (Å²) in [5.74, 6) is 2.19. The summed E-state index contributed by atoms with van der Waals surface area (Å²) in [5, 5.41) is 4.44. The van der Waals surface area contributed by atoms with Crippen LogP contribution >= 0.6 is 0 Å². The molecule has 2 fully saturated rings. The van der Waals surface area contributed by atoms with Gasteiger partial charge in [0.05, 0.1) is 41.3 Å². The normalized spacial score (nSPS) is 19.8. The molecule has 4 aromatic rings. The molecule has 1 amide bonds. The van der Waals surface area contributed by atoms with Crippen molar-refractivity contribution in [1.29, 1.82) is 0 Å². The van der Waals surface area contributed by atoms with E-state index in [1.807, 2.05) is 41.2 Å². The molecule has 0 atom stereocenters. The van der Waals surface area contributed by atoms with E-state index in [-0.39, 0.29) is 24.6 Å². The van der Waals surface area contributed by atoms with Gasteiger partial charge in [0.15, 0.2) is 0 Å². The zero-order valence-corrected chi connectivity index (χ0v) is 22.4. The van der Waals surface area contributed by atoms with Gasteiger partial charge in [0.1, 0.15) is 18.5 Å². The van der Waals surface area contributed by atoms with Crippen molar-refractivity contribution in [3.8, 4) is 5.88 Å². The molecule has 5 heterocycles. The highest BCUT2D eigenvalue weighted by Gasteiger charge is 2.25. The molecule has 1 saturated heterocycles. The van der Waals surface area contributed by atoms with Crippen LogP contribution in [0.2, 0.25) is 0 Å². The van der Waals surface area contributed by atoms with Crippen LogP contribution in [-0.2, 0) is 16.1 Å². The molecule has 2 aliphatic rings. The topological polar surface area (TPSA) is 111 Å². The number of anilines is 2. The molecule has 4 aromatic heterocycles. The van der Waals surface area contributed by atoms with Gasteiger partial charge in [-0.2, -0.15) is 4.98 Å². The average Bonchev–Trinajstić information content (AvgIpc) is 3.36. The van der Waals surface area contributed by atoms with Gasteiger partial charge in [-0.3, -0.25) is 9.78 Å². The minimum Gasteiger partial charge on any atom is -0.474 e. The lowest BCUT2D eigenvalue weighted by molar-refractivity contribution is -0.129. The summed E-state index contributed by atoms with van der Waals surface area (Å²) in [7, 11) is 3.51. The molecule has 0 unspecified atom stereocenters. The number of amides is 1. The van der Waals surface area contributed by atoms with Gasteiger partial charge in [-0.1, -0.05) is 0 Å². The van der Waals surface area contributed by atoms with Gasteiger partial charge in [-0.25, -0.2) is 9.97 Å². The van der Waals surface area contributed by atoms with Gasteiger partial charge < -0.3 is 29.2 Å². The fraction of sp³-hybridized carbons (Fsp3) is 0.464. The van der Waals surface area contributed by atoms with Gasteiger partial charge >= 0.3 is 0 Å². The predicted octanol–water partition coefficient (Wildman–Crippen LogP) is 3.10. The number of morpholine rings is 1. The lowest BCUT2D eigenvalue weighted by atomic mass is 9.93. The maximum Gasteiger partial charge on any atom is 0.241 e. The Bertz CT molecular complexity index is 1460. The van der Waals surface area contributed by atoms with E-state index in [0.717, 1.165) is 66.5 Å². The van der Waals surface area contributed by atoms with Crippen molar-refractivity contribution in [1.82, 2.24) is 29.4 Å². The molecular weight excluding hydrogens is 496 g/mol. The van der Waals surface area contributed by atoms with E-state index in [2.05, 4.69) is 25.2 Å². The molecule has 6 rings (SSSR count). The summed E-state index contributed by atoms with van der Waals surface area (Å²) in [6.45, 7) is 3.30. The van der Waals surface area contributed by atoms with E-state index < -0.39 is 0 Å². The Hall–Kier alpha value is -3.99. The molecule has 1 aliphatic carbocycles. The maximum atomic E-state index is 12.1. The summed E-state index contributed by atoms with van der Waals surface area (Å²) >= 11 is 0. The Balaban J connectivity index is 1.09. The summed E-state index contributed by atoms with van der Waals surface area (Å²) in [5.41, 5.74) is 2.57. The third kappa shape index (κ3) is 5.58. The molecule has 0 bridgehead atoms. The number of likely N-dealkylation sites (N-methyl/N-ethyl adjacent to an activating group) is 1. The number of hydrogen-bond donors (Lipinski definition) is 1. The molecule has 39 heavy (non-hydrogen) atoms. The van der Waals surface area contributed by atoms with E-state index in [1.165, 1.54) is 0 Å². The number of ether oxygens (including phenoxy) is 2. The molecule has 0 spiro atoms. The van der Waals surface area contributed by atoms with E-state index >= 15 is 0 Å². The van der Waals surface area contributed by atoms with Crippen molar-refractivity contribution in [3.63, 3.8) is 0 Å². The van der Waals surface area contributed by atoms with Gasteiger partial charge in [0, 0.05) is 51.7 Å². The standard InChI is InChI=1S/C28H34N8O3/c1-34(2)26(37)18-36-11-9-22-24(36)17-30-28(32-22)31-19-5-7-20(8-6-19)39-27-21-4-3-10-29-23(21)16-25(33-27)35-12-14-38-15-13-35/h3-4,9-11,16-17,19-20H,5-8,12-15,18H2,1-2H3,(H,30,31,32). The molecule has 1 saturated carbocycles. The number of pyridine rings is 2. The van der Waals surface area contributed by atoms with Crippen molar-refractivity contribution < 1.29 is 14.3 Å². The number of nitrogens with one attached hydrogen (secondary N) is 1. The molecule has 204 valence electrons. The van der Waals surface area contributed by atoms with Crippen LogP contribution in [-0.4, -0.2) is 87.9 Å². The smallest absolute Gasteiger partial charge is 0.241 e. The van der Waals surface area contributed by atoms with Crippen LogP contribution in [0.1, 0.15) is 25.7 Å². The fourth-order valence-electron chi connectivity index (χ4n) is 5.21. The number of hydrogen-bond acceptors (Lipinski definition) is 9. The molecule has 0 radical (unpaired) electrons. The summed E-state index contributed by atoms with van der Waals surface area (Å²) in [4.78, 5) is 34.6. The largest absolute Gasteiger partial charge is 0.474 e. The number of aromatic nitrogens is 5. The van der Waals surface area contributed by atoms with Gasteiger partial charge in [0.25, 0.3) is 0 Å². The number of fused-ring (bicyclic) bond motifs is 2. The van der Waals surface area contributed by atoms with Crippen LogP contribution in [0.4, 0.5) is 11.8 Å². The van der Waals surface area contributed by atoms with Crippen LogP contribution in [0.3, 0.4) is 0 Å². The van der Waals surface area contributed by atoms with Crippen LogP contribution in [0.15, 0.2) is 42.9 Å². The molecular formula is C28H34N8O3. The highest BCUT2D eigenvalue weighted by atomic mass is 16.5. The first-order valence-electron chi connectivity index (χ1n) is 13.6. The second kappa shape index (κ2) is 11.0. The van der Waals surface area contributed by atoms with Crippen LogP contribution in [0.25, 0.3) is 21.9 Å². The highest BCUT2D eigenvalue weighted by molar-refractivity contribution is 5.86. The number of carbonyl (C=O) groups excluding carboxylic acids is 1. The zero-order valence-electron chi connectivity index (χ0n) is 22.4. The van der Waals surface area contributed by atoms with Crippen LogP contribution < -0.4 is 15.0 Å². The SMILES string of the molecule is CN(C)C(=O)Cn1ccc2nc(NC3CCC(Oc4nc(N5CCOCC5)cc5ncccc45)CC3)ncc21. The zero-order chi connectivity index (χ0) is 26.8. The van der Waals surface area contributed by atoms with Crippen LogP contribution in [0, 0.1) is 0 Å². The Morgan fingerprint density at radius 1 is 1.10 bits per heavy atom. The predicted molar refractivity (Wildman–Crippen MR) is 149 cm³/mol. The molecule has 11 heteroatoms. The van der Waals surface area contributed by atoms with Crippen molar-refractivity contribution in [3.05, 3.63) is 42.9 Å². The third-order valence-electron chi connectivity index (χ3n) is 7.50. The Labute approximate surface area is 227 Å². The Morgan fingerprint density at radius 2 is 1.92 bits per heavy atom. The molecule has 1 N–H and O–H groups in total. The van der Waals surface area contributed by atoms with Crippen molar-refractivity contribution in [2.24, 2.45) is 0 Å². The van der Waals surface area contributed by atoms with Gasteiger partial charge in [-0.05, 0) is 43.9 Å². The monoisotopic (exact) mass is 530 g/mol. The second-order valence-corrected chi connectivity index (χ2v) is 10.4. The van der Waals surface area contributed by atoms with E-state index in [1.54, 1.807) is 25.2 Å². The first-order valence-corrected chi connectivity index (χ1v) is 13.6. The lowest BCUT2D eigenvalue weighted by Crippen LogP contribution is -2.37. The van der Waals surface area contributed by atoms with E-state index in [4.69, 9.17) is 14.5 Å². The van der Waals surface area contributed by atoms with Crippen LogP contribution in [0.5, 0.6) is 5.88 Å². The Kier molecular flexibility index (Phi) is 7.14. The quantitative estimate of drug-likeness (QED) is 0.385. The van der Waals surface area contributed by atoms with Crippen molar-refractivity contribution >= 4 is 39.6 Å². The first kappa shape index (κ1) is 25.3. The summed E-state index contributed by atoms with van der Waals surface area (Å²) in [6, 6.07) is 8.19. The van der Waals surface area contributed by atoms with E-state index in [9.17, 15) is 4.79 Å². The molecule has 0 aromatic carbocycles. The van der Waals surface area contributed by atoms with Crippen molar-refractivity contribution in [2.75, 3.05) is 50.6 Å². The number of carbonyl (C=O) groups is 1. The third-order valence-corrected chi connectivity index (χ3v) is 7.50. The number of rotatable bonds is 7. The molecule has 11 nitrogen and oxygen atoms in total. The minimum atomic E-state index is 0.0287. The van der Waals surface area contributed by atoms with Gasteiger partial charge in [0.2, 0.25) is 17.7 Å². The van der Waals surface area contributed by atoms with Gasteiger partial charge in [-0.15, -0.1) is 0 Å². The average molecular weight is 531 g/mol. The highest BCUT2D eigenvalue weighted by Crippen LogP contribution is 2.31. The Morgan fingerprint density at radius 3 is 2.72 bits per heavy atom.